The van der Waals surface area contributed by atoms with Crippen LogP contribution < -0.4 is 11.1 Å². The van der Waals surface area contributed by atoms with E-state index in [0.717, 1.165) is 19.4 Å². The summed E-state index contributed by atoms with van der Waals surface area (Å²) in [5.74, 6) is -0.0618. The minimum absolute atomic E-state index is 0.0627. The van der Waals surface area contributed by atoms with Crippen molar-refractivity contribution in [1.29, 1.82) is 0 Å². The molecule has 17 heavy (non-hydrogen) atoms. The molecule has 5 heteroatoms. The van der Waals surface area contributed by atoms with Gasteiger partial charge in [-0.2, -0.15) is 0 Å². The van der Waals surface area contributed by atoms with Gasteiger partial charge in [0.1, 0.15) is 5.54 Å². The lowest BCUT2D eigenvalue weighted by Gasteiger charge is -2.65. The molecule has 0 aromatic rings. The molecule has 2 aliphatic rings. The molecule has 3 atom stereocenters. The zero-order valence-corrected chi connectivity index (χ0v) is 10.5. The Bertz CT molecular complexity index is 319. The number of aliphatic hydroxyl groups is 1. The molecule has 98 valence electrons. The van der Waals surface area contributed by atoms with Gasteiger partial charge < -0.3 is 20.9 Å². The normalized spacial score (nSPS) is 39.1. The monoisotopic (exact) mass is 242 g/mol. The molecule has 2 rings (SSSR count). The highest BCUT2D eigenvalue weighted by molar-refractivity contribution is 5.89. The van der Waals surface area contributed by atoms with E-state index in [0.29, 0.717) is 0 Å². The molecule has 4 N–H and O–H groups in total. The molecule has 0 aromatic heterocycles. The highest BCUT2D eigenvalue weighted by Crippen LogP contribution is 2.57. The zero-order chi connectivity index (χ0) is 12.7. The molecule has 0 spiro atoms. The van der Waals surface area contributed by atoms with Crippen LogP contribution in [-0.4, -0.2) is 42.4 Å². The van der Waals surface area contributed by atoms with Crippen LogP contribution in [0, 0.1) is 11.3 Å². The minimum Gasteiger partial charge on any atom is -0.395 e. The van der Waals surface area contributed by atoms with Crippen LogP contribution in [0.2, 0.25) is 0 Å². The van der Waals surface area contributed by atoms with Gasteiger partial charge in [-0.1, -0.05) is 13.8 Å². The lowest BCUT2D eigenvalue weighted by Crippen LogP contribution is -2.82. The zero-order valence-electron chi connectivity index (χ0n) is 10.5. The minimum atomic E-state index is -0.868. The third kappa shape index (κ3) is 1.60. The van der Waals surface area contributed by atoms with Gasteiger partial charge in [-0.25, -0.2) is 0 Å². The van der Waals surface area contributed by atoms with Gasteiger partial charge in [0.25, 0.3) is 0 Å². The van der Waals surface area contributed by atoms with Crippen molar-refractivity contribution in [2.45, 2.75) is 38.3 Å². The highest BCUT2D eigenvalue weighted by atomic mass is 16.5. The van der Waals surface area contributed by atoms with Crippen LogP contribution in [-0.2, 0) is 9.53 Å². The standard InChI is InChI=1S/C12H22N2O3/c1-11(2)9-8(4-3-7-17-9)12(11,13)10(16)14-5-6-15/h8-9,15H,3-7,13H2,1-2H3,(H,14,16). The number of hydrogen-bond donors (Lipinski definition) is 3. The number of carbonyl (C=O) groups excluding carboxylic acids is 1. The number of rotatable bonds is 3. The number of fused-ring (bicyclic) bond motifs is 1. The van der Waals surface area contributed by atoms with Gasteiger partial charge in [0, 0.05) is 24.5 Å². The molecule has 5 nitrogen and oxygen atoms in total. The maximum absolute atomic E-state index is 12.2. The third-order valence-electron chi connectivity index (χ3n) is 4.46. The Labute approximate surface area is 102 Å². The number of nitrogens with two attached hydrogens (primary N) is 1. The Morgan fingerprint density at radius 3 is 2.94 bits per heavy atom. The van der Waals surface area contributed by atoms with E-state index in [1.807, 2.05) is 13.8 Å². The first kappa shape index (κ1) is 12.8. The second-order valence-electron chi connectivity index (χ2n) is 5.61. The first-order valence-corrected chi connectivity index (χ1v) is 6.26. The molecule has 1 amide bonds. The Hall–Kier alpha value is -0.650. The molecule has 0 bridgehead atoms. The second-order valence-corrected chi connectivity index (χ2v) is 5.61. The Morgan fingerprint density at radius 1 is 1.59 bits per heavy atom. The van der Waals surface area contributed by atoms with Gasteiger partial charge in [-0.15, -0.1) is 0 Å². The number of nitrogens with one attached hydrogen (secondary N) is 1. The molecule has 2 fully saturated rings. The van der Waals surface area contributed by atoms with Crippen LogP contribution in [0.4, 0.5) is 0 Å². The average Bonchev–Trinajstić information content (AvgIpc) is 2.34. The first-order chi connectivity index (χ1) is 7.96. The predicted molar refractivity (Wildman–Crippen MR) is 63.3 cm³/mol. The maximum Gasteiger partial charge on any atom is 0.241 e. The van der Waals surface area contributed by atoms with E-state index < -0.39 is 5.54 Å². The largest absolute Gasteiger partial charge is 0.395 e. The van der Waals surface area contributed by atoms with Crippen molar-refractivity contribution < 1.29 is 14.6 Å². The quantitative estimate of drug-likeness (QED) is 0.630. The van der Waals surface area contributed by atoms with Crippen molar-refractivity contribution in [2.75, 3.05) is 19.8 Å². The van der Waals surface area contributed by atoms with Crippen LogP contribution in [0.1, 0.15) is 26.7 Å². The third-order valence-corrected chi connectivity index (χ3v) is 4.46. The number of ether oxygens (including phenoxy) is 1. The molecule has 3 unspecified atom stereocenters. The summed E-state index contributed by atoms with van der Waals surface area (Å²) in [6.45, 7) is 4.92. The molecule has 1 saturated carbocycles. The van der Waals surface area contributed by atoms with Crippen LogP contribution >= 0.6 is 0 Å². The Kier molecular flexibility index (Phi) is 3.18. The predicted octanol–water partition coefficient (Wildman–Crippen LogP) is -0.373. The topological polar surface area (TPSA) is 84.6 Å². The summed E-state index contributed by atoms with van der Waals surface area (Å²) in [5.41, 5.74) is 5.13. The molecule has 1 aliphatic heterocycles. The fourth-order valence-corrected chi connectivity index (χ4v) is 3.35. The fraction of sp³-hybridized carbons (Fsp3) is 0.917. The van der Waals surface area contributed by atoms with E-state index in [2.05, 4.69) is 5.32 Å². The molecule has 1 saturated heterocycles. The highest BCUT2D eigenvalue weighted by Gasteiger charge is 2.70. The van der Waals surface area contributed by atoms with Crippen LogP contribution in [0.3, 0.4) is 0 Å². The van der Waals surface area contributed by atoms with Crippen LogP contribution in [0.15, 0.2) is 0 Å². The number of carbonyl (C=O) groups is 1. The summed E-state index contributed by atoms with van der Waals surface area (Å²) in [7, 11) is 0. The smallest absolute Gasteiger partial charge is 0.241 e. The summed E-state index contributed by atoms with van der Waals surface area (Å²) >= 11 is 0. The molecule has 0 radical (unpaired) electrons. The summed E-state index contributed by atoms with van der Waals surface area (Å²) in [6.07, 6.45) is 1.99. The van der Waals surface area contributed by atoms with Gasteiger partial charge in [-0.3, -0.25) is 4.79 Å². The van der Waals surface area contributed by atoms with Crippen molar-refractivity contribution in [3.63, 3.8) is 0 Å². The summed E-state index contributed by atoms with van der Waals surface area (Å²) in [4.78, 5) is 12.2. The van der Waals surface area contributed by atoms with Gasteiger partial charge in [0.05, 0.1) is 12.7 Å². The van der Waals surface area contributed by atoms with Crippen molar-refractivity contribution in [3.8, 4) is 0 Å². The lowest BCUT2D eigenvalue weighted by atomic mass is 9.46. The molecular formula is C12H22N2O3. The summed E-state index contributed by atoms with van der Waals surface area (Å²) in [5, 5.41) is 11.4. The van der Waals surface area contributed by atoms with E-state index in [4.69, 9.17) is 15.6 Å². The molecule has 1 aliphatic carbocycles. The number of amides is 1. The fourth-order valence-electron chi connectivity index (χ4n) is 3.35. The van der Waals surface area contributed by atoms with E-state index in [-0.39, 0.29) is 36.5 Å². The molecule has 1 heterocycles. The van der Waals surface area contributed by atoms with Crippen LogP contribution in [0.5, 0.6) is 0 Å². The number of hydrogen-bond acceptors (Lipinski definition) is 4. The van der Waals surface area contributed by atoms with Gasteiger partial charge in [0.2, 0.25) is 5.91 Å². The maximum atomic E-state index is 12.2. The van der Waals surface area contributed by atoms with Gasteiger partial charge in [-0.05, 0) is 12.8 Å². The Morgan fingerprint density at radius 2 is 2.29 bits per heavy atom. The Balaban J connectivity index is 2.15. The van der Waals surface area contributed by atoms with E-state index >= 15 is 0 Å². The van der Waals surface area contributed by atoms with E-state index in [9.17, 15) is 4.79 Å². The van der Waals surface area contributed by atoms with E-state index in [1.165, 1.54) is 0 Å². The molecule has 0 aromatic carbocycles. The second kappa shape index (κ2) is 4.23. The van der Waals surface area contributed by atoms with Gasteiger partial charge in [0.15, 0.2) is 0 Å². The van der Waals surface area contributed by atoms with Crippen molar-refractivity contribution in [1.82, 2.24) is 5.32 Å². The number of aliphatic hydroxyl groups excluding tert-OH is 1. The van der Waals surface area contributed by atoms with Crippen molar-refractivity contribution >= 4 is 5.91 Å². The van der Waals surface area contributed by atoms with Gasteiger partial charge >= 0.3 is 0 Å². The van der Waals surface area contributed by atoms with Crippen LogP contribution in [0.25, 0.3) is 0 Å². The summed E-state index contributed by atoms with van der Waals surface area (Å²) in [6, 6.07) is 0. The average molecular weight is 242 g/mol. The van der Waals surface area contributed by atoms with Crippen molar-refractivity contribution in [3.05, 3.63) is 0 Å². The van der Waals surface area contributed by atoms with E-state index in [1.54, 1.807) is 0 Å². The van der Waals surface area contributed by atoms with Crippen molar-refractivity contribution in [2.24, 2.45) is 17.1 Å². The lowest BCUT2D eigenvalue weighted by molar-refractivity contribution is -0.225. The SMILES string of the molecule is CC1(C)C2OCCCC2C1(N)C(=O)NCCO. The summed E-state index contributed by atoms with van der Waals surface area (Å²) < 4.78 is 5.73. The molecular weight excluding hydrogens is 220 g/mol. The first-order valence-electron chi connectivity index (χ1n) is 6.26.